The highest BCUT2D eigenvalue weighted by atomic mass is 16.6. The van der Waals surface area contributed by atoms with E-state index in [4.69, 9.17) is 9.47 Å². The van der Waals surface area contributed by atoms with Crippen LogP contribution in [0.4, 0.5) is 0 Å². The van der Waals surface area contributed by atoms with Crippen molar-refractivity contribution < 1.29 is 19.1 Å². The molecule has 148 valence electrons. The Morgan fingerprint density at radius 1 is 0.630 bits per heavy atom. The van der Waals surface area contributed by atoms with E-state index in [1.54, 1.807) is 0 Å². The molecule has 0 aliphatic heterocycles. The SMILES string of the molecule is CC.CC.O=C(CC(=O)OCCc1ccccc1)OCCc1ccccc1. The van der Waals surface area contributed by atoms with Gasteiger partial charge in [0.25, 0.3) is 0 Å². The molecule has 0 radical (unpaired) electrons. The van der Waals surface area contributed by atoms with E-state index in [0.717, 1.165) is 11.1 Å². The predicted octanol–water partition coefficient (Wildman–Crippen LogP) is 5.00. The van der Waals surface area contributed by atoms with Crippen molar-refractivity contribution in [3.05, 3.63) is 71.8 Å². The van der Waals surface area contributed by atoms with Crippen LogP contribution in [0.5, 0.6) is 0 Å². The fraction of sp³-hybridized carbons (Fsp3) is 0.391. The third-order valence-corrected chi connectivity index (χ3v) is 3.28. The van der Waals surface area contributed by atoms with Crippen LogP contribution in [-0.4, -0.2) is 25.2 Å². The van der Waals surface area contributed by atoms with Gasteiger partial charge in [0, 0.05) is 12.8 Å². The predicted molar refractivity (Wildman–Crippen MR) is 110 cm³/mol. The maximum Gasteiger partial charge on any atom is 0.317 e. The minimum atomic E-state index is -0.550. The highest BCUT2D eigenvalue weighted by molar-refractivity contribution is 5.91. The molecule has 2 aromatic carbocycles. The molecule has 0 heterocycles. The maximum atomic E-state index is 11.6. The number of benzene rings is 2. The molecule has 2 aromatic rings. The average Bonchev–Trinajstić information content (AvgIpc) is 2.72. The summed E-state index contributed by atoms with van der Waals surface area (Å²) in [5.74, 6) is -1.10. The molecular weight excluding hydrogens is 340 g/mol. The number of carbonyl (C=O) groups is 2. The molecule has 0 amide bonds. The largest absolute Gasteiger partial charge is 0.465 e. The maximum absolute atomic E-state index is 11.6. The van der Waals surface area contributed by atoms with E-state index >= 15 is 0 Å². The van der Waals surface area contributed by atoms with Crippen LogP contribution in [0.25, 0.3) is 0 Å². The van der Waals surface area contributed by atoms with Gasteiger partial charge in [-0.1, -0.05) is 88.4 Å². The van der Waals surface area contributed by atoms with Gasteiger partial charge in [0.05, 0.1) is 13.2 Å². The molecule has 0 aromatic heterocycles. The Labute approximate surface area is 163 Å². The highest BCUT2D eigenvalue weighted by Gasteiger charge is 2.12. The lowest BCUT2D eigenvalue weighted by atomic mass is 10.2. The molecule has 0 N–H and O–H groups in total. The first-order chi connectivity index (χ1) is 13.2. The molecule has 0 atom stereocenters. The van der Waals surface area contributed by atoms with Crippen molar-refractivity contribution in [2.75, 3.05) is 13.2 Å². The van der Waals surface area contributed by atoms with E-state index in [2.05, 4.69) is 0 Å². The van der Waals surface area contributed by atoms with Crippen LogP contribution in [0, 0.1) is 0 Å². The summed E-state index contributed by atoms with van der Waals surface area (Å²) in [6.45, 7) is 8.53. The second kappa shape index (κ2) is 16.8. The molecular formula is C23H32O4. The molecule has 2 rings (SSSR count). The number of hydrogen-bond donors (Lipinski definition) is 0. The first-order valence-corrected chi connectivity index (χ1v) is 9.63. The molecule has 0 aliphatic rings. The van der Waals surface area contributed by atoms with E-state index in [1.165, 1.54) is 0 Å². The third kappa shape index (κ3) is 12.4. The molecule has 0 saturated heterocycles. The highest BCUT2D eigenvalue weighted by Crippen LogP contribution is 2.02. The number of carbonyl (C=O) groups excluding carboxylic acids is 2. The van der Waals surface area contributed by atoms with E-state index in [-0.39, 0.29) is 19.6 Å². The van der Waals surface area contributed by atoms with Gasteiger partial charge in [-0.05, 0) is 11.1 Å². The van der Waals surface area contributed by atoms with Crippen LogP contribution in [0.15, 0.2) is 60.7 Å². The Morgan fingerprint density at radius 2 is 0.963 bits per heavy atom. The Balaban J connectivity index is 0.00000158. The second-order valence-corrected chi connectivity index (χ2v) is 5.09. The van der Waals surface area contributed by atoms with Gasteiger partial charge in [-0.3, -0.25) is 9.59 Å². The van der Waals surface area contributed by atoms with Crippen LogP contribution in [0.3, 0.4) is 0 Å². The van der Waals surface area contributed by atoms with E-state index in [1.807, 2.05) is 88.4 Å². The standard InChI is InChI=1S/C19H20O4.2C2H6/c20-18(22-13-11-16-7-3-1-4-8-16)15-19(21)23-14-12-17-9-5-2-6-10-17;2*1-2/h1-10H,11-15H2;2*1-2H3. The summed E-state index contributed by atoms with van der Waals surface area (Å²) in [6, 6.07) is 19.4. The van der Waals surface area contributed by atoms with Crippen molar-refractivity contribution in [1.82, 2.24) is 0 Å². The van der Waals surface area contributed by atoms with Crippen LogP contribution < -0.4 is 0 Å². The number of ether oxygens (including phenoxy) is 2. The first-order valence-electron chi connectivity index (χ1n) is 9.63. The minimum absolute atomic E-state index is 0.264. The van der Waals surface area contributed by atoms with Crippen molar-refractivity contribution in [1.29, 1.82) is 0 Å². The molecule has 0 bridgehead atoms. The van der Waals surface area contributed by atoms with Crippen LogP contribution in [0.2, 0.25) is 0 Å². The molecule has 0 saturated carbocycles. The zero-order valence-corrected chi connectivity index (χ0v) is 16.9. The number of hydrogen-bond acceptors (Lipinski definition) is 4. The summed E-state index contributed by atoms with van der Waals surface area (Å²) in [5.41, 5.74) is 2.18. The molecule has 27 heavy (non-hydrogen) atoms. The zero-order valence-electron chi connectivity index (χ0n) is 16.9. The summed E-state index contributed by atoms with van der Waals surface area (Å²) >= 11 is 0. The number of rotatable bonds is 8. The summed E-state index contributed by atoms with van der Waals surface area (Å²) in [7, 11) is 0. The smallest absolute Gasteiger partial charge is 0.317 e. The van der Waals surface area contributed by atoms with E-state index < -0.39 is 11.9 Å². The fourth-order valence-electron chi connectivity index (χ4n) is 2.07. The summed E-state index contributed by atoms with van der Waals surface area (Å²) in [6.07, 6.45) is 0.925. The monoisotopic (exact) mass is 372 g/mol. The lowest BCUT2D eigenvalue weighted by Gasteiger charge is -2.06. The van der Waals surface area contributed by atoms with Crippen molar-refractivity contribution in [2.24, 2.45) is 0 Å². The van der Waals surface area contributed by atoms with Gasteiger partial charge in [0.2, 0.25) is 0 Å². The van der Waals surface area contributed by atoms with E-state index in [0.29, 0.717) is 12.8 Å². The first kappa shape index (κ1) is 24.4. The normalized spacial score (nSPS) is 9.04. The minimum Gasteiger partial charge on any atom is -0.465 e. The Hall–Kier alpha value is -2.62. The molecule has 4 heteroatoms. The van der Waals surface area contributed by atoms with Gasteiger partial charge in [-0.25, -0.2) is 0 Å². The van der Waals surface area contributed by atoms with Crippen LogP contribution >= 0.6 is 0 Å². The Bertz CT molecular complexity index is 553. The molecule has 0 unspecified atom stereocenters. The zero-order chi connectivity index (χ0) is 20.3. The summed E-state index contributed by atoms with van der Waals surface area (Å²) in [4.78, 5) is 23.1. The van der Waals surface area contributed by atoms with Gasteiger partial charge in [0.1, 0.15) is 6.42 Å². The van der Waals surface area contributed by atoms with Crippen molar-refractivity contribution in [3.63, 3.8) is 0 Å². The Kier molecular flexibility index (Phi) is 15.2. The lowest BCUT2D eigenvalue weighted by molar-refractivity contribution is -0.154. The van der Waals surface area contributed by atoms with Crippen LogP contribution in [-0.2, 0) is 31.9 Å². The van der Waals surface area contributed by atoms with Gasteiger partial charge < -0.3 is 9.47 Å². The van der Waals surface area contributed by atoms with Crippen LogP contribution in [0.1, 0.15) is 45.2 Å². The van der Waals surface area contributed by atoms with Gasteiger partial charge >= 0.3 is 11.9 Å². The molecule has 0 spiro atoms. The Morgan fingerprint density at radius 3 is 1.30 bits per heavy atom. The van der Waals surface area contributed by atoms with Gasteiger partial charge in [0.15, 0.2) is 0 Å². The summed E-state index contributed by atoms with van der Waals surface area (Å²) < 4.78 is 10.1. The molecule has 0 aliphatic carbocycles. The van der Waals surface area contributed by atoms with Crippen molar-refractivity contribution in [2.45, 2.75) is 47.0 Å². The lowest BCUT2D eigenvalue weighted by Crippen LogP contribution is -2.16. The number of esters is 2. The third-order valence-electron chi connectivity index (χ3n) is 3.28. The van der Waals surface area contributed by atoms with Crippen molar-refractivity contribution in [3.8, 4) is 0 Å². The van der Waals surface area contributed by atoms with Gasteiger partial charge in [-0.2, -0.15) is 0 Å². The van der Waals surface area contributed by atoms with Crippen molar-refractivity contribution >= 4 is 11.9 Å². The quantitative estimate of drug-likeness (QED) is 0.483. The summed E-state index contributed by atoms with van der Waals surface area (Å²) in [5, 5.41) is 0. The second-order valence-electron chi connectivity index (χ2n) is 5.09. The fourth-order valence-corrected chi connectivity index (χ4v) is 2.07. The average molecular weight is 373 g/mol. The van der Waals surface area contributed by atoms with E-state index in [9.17, 15) is 9.59 Å². The molecule has 0 fully saturated rings. The topological polar surface area (TPSA) is 52.6 Å². The molecule has 4 nitrogen and oxygen atoms in total. The van der Waals surface area contributed by atoms with Gasteiger partial charge in [-0.15, -0.1) is 0 Å².